The van der Waals surface area contributed by atoms with Crippen LogP contribution in [0.4, 0.5) is 4.39 Å². The minimum Gasteiger partial charge on any atom is -0.505 e. The molecule has 4 rings (SSSR count). The van der Waals surface area contributed by atoms with Crippen LogP contribution >= 0.6 is 0 Å². The molecule has 0 radical (unpaired) electrons. The minimum absolute atomic E-state index is 0.173. The monoisotopic (exact) mass is 644 g/mol. The zero-order valence-electron chi connectivity index (χ0n) is 23.0. The van der Waals surface area contributed by atoms with Gasteiger partial charge in [0.2, 0.25) is 0 Å². The van der Waals surface area contributed by atoms with Gasteiger partial charge >= 0.3 is 5.79 Å². The van der Waals surface area contributed by atoms with Gasteiger partial charge in [0.05, 0.1) is 36.5 Å². The van der Waals surface area contributed by atoms with Gasteiger partial charge in [0.25, 0.3) is 29.2 Å². The molecule has 246 valence electrons. The summed E-state index contributed by atoms with van der Waals surface area (Å²) in [4.78, 5) is 39.1. The zero-order chi connectivity index (χ0) is 33.8. The zero-order valence-corrected chi connectivity index (χ0v) is 23.0. The van der Waals surface area contributed by atoms with Crippen LogP contribution in [-0.4, -0.2) is 134 Å². The number of nitrogens with zero attached hydrogens (tertiary/aromatic N) is 2. The van der Waals surface area contributed by atoms with Crippen LogP contribution in [0.1, 0.15) is 11.1 Å². The molecule has 0 bridgehead atoms. The number of halogens is 1. The number of amides is 3. The number of aliphatic hydroxyl groups excluding tert-OH is 3. The SMILES string of the molecule is C=C(O)/C(O)=C1/C(=O)N(C2(O)C(=O)NC(=O)C(O)(O)C2(O)O)C/C1=C(/O)NCc1c(O)c(O)c(CN2CCOCC2)c(O)c1F. The van der Waals surface area contributed by atoms with Crippen molar-refractivity contribution < 1.29 is 79.7 Å². The summed E-state index contributed by atoms with van der Waals surface area (Å²) in [5.41, 5.74) is -7.34. The maximum absolute atomic E-state index is 15.2. The highest BCUT2D eigenvalue weighted by atomic mass is 19.1. The number of nitrogens with one attached hydrogen (secondary N) is 2. The second-order valence-corrected chi connectivity index (χ2v) is 10.2. The van der Waals surface area contributed by atoms with Gasteiger partial charge in [0.1, 0.15) is 0 Å². The van der Waals surface area contributed by atoms with Gasteiger partial charge in [0, 0.05) is 31.8 Å². The minimum atomic E-state index is -4.54. The molecule has 3 aliphatic rings. The number of aromatic hydroxyl groups is 3. The van der Waals surface area contributed by atoms with Crippen molar-refractivity contribution in [2.45, 2.75) is 30.4 Å². The average Bonchev–Trinajstić information content (AvgIpc) is 3.33. The molecular weight excluding hydrogens is 615 g/mol. The molecule has 3 saturated heterocycles. The summed E-state index contributed by atoms with van der Waals surface area (Å²) in [5, 5.41) is 117. The summed E-state index contributed by atoms with van der Waals surface area (Å²) in [6.45, 7) is 1.95. The molecule has 1 unspecified atom stereocenters. The smallest absolute Gasteiger partial charge is 0.306 e. The number of aliphatic hydroxyl groups is 8. The largest absolute Gasteiger partial charge is 0.505 e. The number of hydrogen-bond acceptors (Lipinski definition) is 17. The Morgan fingerprint density at radius 2 is 1.51 bits per heavy atom. The molecule has 0 aliphatic carbocycles. The number of rotatable bonds is 7. The lowest BCUT2D eigenvalue weighted by atomic mass is 9.87. The van der Waals surface area contributed by atoms with E-state index in [1.165, 1.54) is 5.32 Å². The third-order valence-corrected chi connectivity index (χ3v) is 7.57. The molecule has 3 heterocycles. The van der Waals surface area contributed by atoms with Gasteiger partial charge in [-0.3, -0.25) is 29.5 Å². The van der Waals surface area contributed by atoms with E-state index in [4.69, 9.17) is 4.74 Å². The van der Waals surface area contributed by atoms with Crippen molar-refractivity contribution in [2.24, 2.45) is 0 Å². The van der Waals surface area contributed by atoms with E-state index in [-0.39, 0.29) is 17.0 Å². The van der Waals surface area contributed by atoms with E-state index in [0.717, 1.165) is 0 Å². The standard InChI is InChI=1S/C25H29FN4O15/c1-9(31)15(32)13-11(8-30(20(13)37)23(40)21(38)28-22(39)24(41,42)25(23,43)44)19(36)27-6-10-14(26)16(33)12(18(35)17(10)34)7-29-2-4-45-5-3-29/h27,31-36,40-44H,1-8H2,(H,28,38,39)/b15-13-,19-11-. The number of carbonyl (C=O) groups is 3. The van der Waals surface area contributed by atoms with Crippen LogP contribution in [-0.2, 0) is 32.2 Å². The van der Waals surface area contributed by atoms with Gasteiger partial charge in [0.15, 0.2) is 40.5 Å². The van der Waals surface area contributed by atoms with Gasteiger partial charge in [-0.15, -0.1) is 0 Å². The third kappa shape index (κ3) is 5.03. The summed E-state index contributed by atoms with van der Waals surface area (Å²) in [5.74, 6) is -23.1. The molecule has 3 aliphatic heterocycles. The van der Waals surface area contributed by atoms with Gasteiger partial charge < -0.3 is 66.2 Å². The molecule has 45 heavy (non-hydrogen) atoms. The molecule has 0 saturated carbocycles. The first kappa shape index (κ1) is 33.2. The highest BCUT2D eigenvalue weighted by molar-refractivity contribution is 6.11. The second-order valence-electron chi connectivity index (χ2n) is 10.2. The first-order valence-electron chi connectivity index (χ1n) is 12.8. The van der Waals surface area contributed by atoms with Crippen LogP contribution < -0.4 is 10.6 Å². The molecule has 1 aromatic rings. The summed E-state index contributed by atoms with van der Waals surface area (Å²) < 4.78 is 20.4. The van der Waals surface area contributed by atoms with Crippen molar-refractivity contribution in [1.82, 2.24) is 20.4 Å². The van der Waals surface area contributed by atoms with E-state index in [0.29, 0.717) is 26.3 Å². The fraction of sp³-hybridized carbons (Fsp3) is 0.400. The van der Waals surface area contributed by atoms with E-state index >= 15 is 4.39 Å². The Balaban J connectivity index is 1.72. The normalized spacial score (nSPS) is 25.6. The third-order valence-electron chi connectivity index (χ3n) is 7.57. The van der Waals surface area contributed by atoms with E-state index in [2.05, 4.69) is 11.9 Å². The molecule has 3 amide bonds. The number of likely N-dealkylation sites (tertiary alicyclic amines) is 1. The van der Waals surface area contributed by atoms with Crippen molar-refractivity contribution in [3.63, 3.8) is 0 Å². The Hall–Kier alpha value is -4.70. The highest BCUT2D eigenvalue weighted by Crippen LogP contribution is 2.44. The molecular formula is C25H29FN4O15. The predicted octanol–water partition coefficient (Wildman–Crippen LogP) is -3.93. The Kier molecular flexibility index (Phi) is 8.37. The molecule has 1 aromatic carbocycles. The van der Waals surface area contributed by atoms with Crippen LogP contribution in [0, 0.1) is 5.82 Å². The van der Waals surface area contributed by atoms with Gasteiger partial charge in [-0.25, -0.2) is 4.39 Å². The first-order valence-corrected chi connectivity index (χ1v) is 12.8. The molecule has 1 atom stereocenters. The molecule has 3 fully saturated rings. The lowest BCUT2D eigenvalue weighted by Crippen LogP contribution is -2.85. The maximum atomic E-state index is 15.2. The summed E-state index contributed by atoms with van der Waals surface area (Å²) in [6, 6.07) is 0. The molecule has 19 nitrogen and oxygen atoms in total. The number of carbonyl (C=O) groups excluding carboxylic acids is 3. The number of piperidine rings is 1. The Bertz CT molecular complexity index is 1520. The highest BCUT2D eigenvalue weighted by Gasteiger charge is 2.76. The topological polar surface area (TPSA) is 314 Å². The fourth-order valence-corrected chi connectivity index (χ4v) is 4.91. The van der Waals surface area contributed by atoms with Crippen molar-refractivity contribution in [1.29, 1.82) is 0 Å². The van der Waals surface area contributed by atoms with Crippen molar-refractivity contribution in [2.75, 3.05) is 32.8 Å². The Morgan fingerprint density at radius 3 is 2.09 bits per heavy atom. The van der Waals surface area contributed by atoms with Crippen LogP contribution in [0.15, 0.2) is 35.1 Å². The van der Waals surface area contributed by atoms with Crippen molar-refractivity contribution in [3.8, 4) is 17.2 Å². The number of morpholine rings is 1. The first-order chi connectivity index (χ1) is 20.8. The van der Waals surface area contributed by atoms with Crippen LogP contribution in [0.5, 0.6) is 17.2 Å². The molecule has 0 aromatic heterocycles. The van der Waals surface area contributed by atoms with Crippen LogP contribution in [0.3, 0.4) is 0 Å². The van der Waals surface area contributed by atoms with E-state index in [1.807, 2.05) is 0 Å². The van der Waals surface area contributed by atoms with Gasteiger partial charge in [-0.1, -0.05) is 6.58 Å². The Labute approximate surface area is 250 Å². The van der Waals surface area contributed by atoms with Gasteiger partial charge in [-0.05, 0) is 0 Å². The molecule has 20 heteroatoms. The lowest BCUT2D eigenvalue weighted by molar-refractivity contribution is -0.407. The van der Waals surface area contributed by atoms with Crippen LogP contribution in [0.25, 0.3) is 0 Å². The lowest BCUT2D eigenvalue weighted by Gasteiger charge is -2.49. The number of phenols is 3. The fourth-order valence-electron chi connectivity index (χ4n) is 4.91. The number of hydrogen-bond donors (Lipinski definition) is 13. The van der Waals surface area contributed by atoms with E-state index in [1.54, 1.807) is 4.90 Å². The number of ether oxygens (including phenoxy) is 1. The van der Waals surface area contributed by atoms with Crippen molar-refractivity contribution in [3.05, 3.63) is 52.1 Å². The summed E-state index contributed by atoms with van der Waals surface area (Å²) in [6.07, 6.45) is 0. The van der Waals surface area contributed by atoms with Crippen molar-refractivity contribution >= 4 is 17.7 Å². The quantitative estimate of drug-likeness (QED) is 0.0336. The van der Waals surface area contributed by atoms with Crippen LogP contribution in [0.2, 0.25) is 0 Å². The van der Waals surface area contributed by atoms with Gasteiger partial charge in [-0.2, -0.15) is 0 Å². The average molecular weight is 645 g/mol. The van der Waals surface area contributed by atoms with E-state index < -0.39 is 105 Å². The number of phenolic OH excluding ortho intramolecular Hbond substituents is 3. The Morgan fingerprint density at radius 1 is 0.933 bits per heavy atom. The molecule has 13 N–H and O–H groups in total. The van der Waals surface area contributed by atoms with E-state index in [9.17, 15) is 70.6 Å². The number of imide groups is 1. The number of benzene rings is 1. The summed E-state index contributed by atoms with van der Waals surface area (Å²) in [7, 11) is 0. The maximum Gasteiger partial charge on any atom is 0.306 e. The predicted molar refractivity (Wildman–Crippen MR) is 140 cm³/mol. The second kappa shape index (κ2) is 11.3. The summed E-state index contributed by atoms with van der Waals surface area (Å²) >= 11 is 0. The molecule has 0 spiro atoms.